The number of hydrogen-bond acceptors (Lipinski definition) is 2. The largest absolute Gasteiger partial charge is 0.417 e. The molecule has 1 saturated carbocycles. The Bertz CT molecular complexity index is 680. The first-order chi connectivity index (χ1) is 11.6. The van der Waals surface area contributed by atoms with Crippen LogP contribution in [0.25, 0.3) is 0 Å². The lowest BCUT2D eigenvalue weighted by atomic mass is 9.84. The number of ether oxygens (including phenoxy) is 1. The van der Waals surface area contributed by atoms with E-state index in [-0.39, 0.29) is 0 Å². The number of rotatable bonds is 3. The zero-order chi connectivity index (χ0) is 16.9. The molecule has 0 unspecified atom stereocenters. The molecule has 0 radical (unpaired) electrons. The highest BCUT2D eigenvalue weighted by Crippen LogP contribution is 2.33. The average Bonchev–Trinajstić information content (AvgIpc) is 2.60. The van der Waals surface area contributed by atoms with Gasteiger partial charge in [-0.1, -0.05) is 49.6 Å². The van der Waals surface area contributed by atoms with Crippen LogP contribution in [0.1, 0.15) is 54.7 Å². The van der Waals surface area contributed by atoms with E-state index in [1.807, 2.05) is 44.2 Å². The van der Waals surface area contributed by atoms with Gasteiger partial charge in [0, 0.05) is 5.69 Å². The second-order valence-corrected chi connectivity index (χ2v) is 6.69. The molecule has 1 amide bonds. The van der Waals surface area contributed by atoms with E-state index in [9.17, 15) is 4.79 Å². The number of anilines is 1. The second kappa shape index (κ2) is 7.52. The highest BCUT2D eigenvalue weighted by atomic mass is 16.6. The van der Waals surface area contributed by atoms with Crippen molar-refractivity contribution in [3.8, 4) is 5.75 Å². The first kappa shape index (κ1) is 16.6. The fourth-order valence-electron chi connectivity index (χ4n) is 3.49. The summed E-state index contributed by atoms with van der Waals surface area (Å²) in [5.74, 6) is 1.24. The maximum atomic E-state index is 12.1. The normalized spacial score (nSPS) is 15.1. The molecule has 3 nitrogen and oxygen atoms in total. The number of benzene rings is 2. The van der Waals surface area contributed by atoms with Crippen LogP contribution in [0.15, 0.2) is 42.5 Å². The molecule has 1 aliphatic rings. The fraction of sp³-hybridized carbons (Fsp3) is 0.381. The Morgan fingerprint density at radius 1 is 0.958 bits per heavy atom. The van der Waals surface area contributed by atoms with E-state index in [0.717, 1.165) is 16.8 Å². The summed E-state index contributed by atoms with van der Waals surface area (Å²) in [7, 11) is 0. The van der Waals surface area contributed by atoms with E-state index in [2.05, 4.69) is 17.4 Å². The SMILES string of the molecule is Cc1cccc(C)c1NC(=O)Oc1ccc(C2CCCCC2)cc1. The first-order valence-corrected chi connectivity index (χ1v) is 8.78. The number of carbonyl (C=O) groups excluding carboxylic acids is 1. The van der Waals surface area contributed by atoms with E-state index in [1.165, 1.54) is 37.7 Å². The maximum absolute atomic E-state index is 12.1. The predicted octanol–water partition coefficient (Wildman–Crippen LogP) is 5.96. The molecule has 2 aromatic rings. The summed E-state index contributed by atoms with van der Waals surface area (Å²) in [4.78, 5) is 12.1. The van der Waals surface area contributed by atoms with Gasteiger partial charge in [-0.15, -0.1) is 0 Å². The van der Waals surface area contributed by atoms with Crippen LogP contribution in [-0.2, 0) is 0 Å². The standard InChI is InChI=1S/C21H25NO2/c1-15-7-6-8-16(2)20(15)22-21(23)24-19-13-11-18(12-14-19)17-9-4-3-5-10-17/h6-8,11-14,17H,3-5,9-10H2,1-2H3,(H,22,23). The molecule has 0 aromatic heterocycles. The molecular weight excluding hydrogens is 298 g/mol. The van der Waals surface area contributed by atoms with Crippen molar-refractivity contribution in [2.45, 2.75) is 51.9 Å². The van der Waals surface area contributed by atoms with Crippen molar-refractivity contribution in [1.82, 2.24) is 0 Å². The van der Waals surface area contributed by atoms with Crippen molar-refractivity contribution < 1.29 is 9.53 Å². The third kappa shape index (κ3) is 3.97. The monoisotopic (exact) mass is 323 g/mol. The van der Waals surface area contributed by atoms with Gasteiger partial charge in [-0.2, -0.15) is 0 Å². The minimum atomic E-state index is -0.446. The summed E-state index contributed by atoms with van der Waals surface area (Å²) in [6.07, 6.45) is 6.09. The summed E-state index contributed by atoms with van der Waals surface area (Å²) < 4.78 is 5.42. The van der Waals surface area contributed by atoms with Gasteiger partial charge in [0.15, 0.2) is 0 Å². The molecule has 0 aliphatic heterocycles. The molecule has 126 valence electrons. The smallest absolute Gasteiger partial charge is 0.410 e. The van der Waals surface area contributed by atoms with Crippen LogP contribution >= 0.6 is 0 Å². The van der Waals surface area contributed by atoms with Gasteiger partial charge in [0.2, 0.25) is 0 Å². The molecule has 2 aromatic carbocycles. The number of aryl methyl sites for hydroxylation is 2. The van der Waals surface area contributed by atoms with Crippen molar-refractivity contribution >= 4 is 11.8 Å². The number of hydrogen-bond donors (Lipinski definition) is 1. The Balaban J connectivity index is 1.62. The molecule has 1 aliphatic carbocycles. The molecule has 0 saturated heterocycles. The summed E-state index contributed by atoms with van der Waals surface area (Å²) in [5, 5.41) is 2.84. The molecular formula is C21H25NO2. The minimum Gasteiger partial charge on any atom is -0.410 e. The van der Waals surface area contributed by atoms with Gasteiger partial charge in [0.05, 0.1) is 0 Å². The van der Waals surface area contributed by atoms with E-state index in [0.29, 0.717) is 11.7 Å². The molecule has 1 N–H and O–H groups in total. The number of nitrogens with one attached hydrogen (secondary N) is 1. The van der Waals surface area contributed by atoms with Crippen molar-refractivity contribution in [2.75, 3.05) is 5.32 Å². The van der Waals surface area contributed by atoms with Gasteiger partial charge in [-0.25, -0.2) is 4.79 Å². The molecule has 0 heterocycles. The Hall–Kier alpha value is -2.29. The van der Waals surface area contributed by atoms with E-state index >= 15 is 0 Å². The molecule has 24 heavy (non-hydrogen) atoms. The van der Waals surface area contributed by atoms with Gasteiger partial charge < -0.3 is 4.74 Å². The van der Waals surface area contributed by atoms with Gasteiger partial charge in [-0.05, 0) is 61.4 Å². The third-order valence-corrected chi connectivity index (χ3v) is 4.88. The summed E-state index contributed by atoms with van der Waals surface area (Å²) >= 11 is 0. The highest BCUT2D eigenvalue weighted by molar-refractivity contribution is 5.88. The van der Waals surface area contributed by atoms with Gasteiger partial charge in [0.1, 0.15) is 5.75 Å². The Labute approximate surface area is 144 Å². The topological polar surface area (TPSA) is 38.3 Å². The Morgan fingerprint density at radius 2 is 1.58 bits per heavy atom. The summed E-state index contributed by atoms with van der Waals surface area (Å²) in [5.41, 5.74) is 4.23. The van der Waals surface area contributed by atoms with Gasteiger partial charge >= 0.3 is 6.09 Å². The number of amides is 1. The average molecular weight is 323 g/mol. The lowest BCUT2D eigenvalue weighted by Gasteiger charge is -2.22. The fourth-order valence-corrected chi connectivity index (χ4v) is 3.49. The summed E-state index contributed by atoms with van der Waals surface area (Å²) in [6.45, 7) is 3.95. The quantitative estimate of drug-likeness (QED) is 0.756. The molecule has 1 fully saturated rings. The van der Waals surface area contributed by atoms with Crippen LogP contribution in [-0.4, -0.2) is 6.09 Å². The Morgan fingerprint density at radius 3 is 2.21 bits per heavy atom. The van der Waals surface area contributed by atoms with Crippen molar-refractivity contribution in [3.63, 3.8) is 0 Å². The van der Waals surface area contributed by atoms with Crippen molar-refractivity contribution in [2.24, 2.45) is 0 Å². The maximum Gasteiger partial charge on any atom is 0.417 e. The minimum absolute atomic E-state index is 0.446. The van der Waals surface area contributed by atoms with Crippen LogP contribution in [0.4, 0.5) is 10.5 Å². The number of carbonyl (C=O) groups is 1. The highest BCUT2D eigenvalue weighted by Gasteiger charge is 2.15. The van der Waals surface area contributed by atoms with Crippen molar-refractivity contribution in [1.29, 1.82) is 0 Å². The van der Waals surface area contributed by atoms with Crippen LogP contribution in [0.2, 0.25) is 0 Å². The van der Waals surface area contributed by atoms with E-state index in [4.69, 9.17) is 4.74 Å². The van der Waals surface area contributed by atoms with Crippen LogP contribution in [0.3, 0.4) is 0 Å². The summed E-state index contributed by atoms with van der Waals surface area (Å²) in [6, 6.07) is 13.9. The van der Waals surface area contributed by atoms with Crippen molar-refractivity contribution in [3.05, 3.63) is 59.2 Å². The van der Waals surface area contributed by atoms with E-state index < -0.39 is 6.09 Å². The Kier molecular flexibility index (Phi) is 5.19. The zero-order valence-electron chi connectivity index (χ0n) is 14.5. The van der Waals surface area contributed by atoms with Gasteiger partial charge in [-0.3, -0.25) is 5.32 Å². The third-order valence-electron chi connectivity index (χ3n) is 4.88. The van der Waals surface area contributed by atoms with E-state index in [1.54, 1.807) is 0 Å². The molecule has 3 rings (SSSR count). The van der Waals surface area contributed by atoms with Crippen LogP contribution < -0.4 is 10.1 Å². The zero-order valence-corrected chi connectivity index (χ0v) is 14.5. The predicted molar refractivity (Wildman–Crippen MR) is 97.8 cm³/mol. The van der Waals surface area contributed by atoms with Gasteiger partial charge in [0.25, 0.3) is 0 Å². The molecule has 0 atom stereocenters. The molecule has 0 bridgehead atoms. The number of para-hydroxylation sites is 1. The molecule has 3 heteroatoms. The van der Waals surface area contributed by atoms with Crippen LogP contribution in [0.5, 0.6) is 5.75 Å². The second-order valence-electron chi connectivity index (χ2n) is 6.69. The first-order valence-electron chi connectivity index (χ1n) is 8.78. The lowest BCUT2D eigenvalue weighted by molar-refractivity contribution is 0.215. The molecule has 0 spiro atoms. The lowest BCUT2D eigenvalue weighted by Crippen LogP contribution is -2.18. The van der Waals surface area contributed by atoms with Crippen LogP contribution in [0, 0.1) is 13.8 Å².